The Morgan fingerprint density at radius 2 is 1.91 bits per heavy atom. The predicted molar refractivity (Wildman–Crippen MR) is 82.8 cm³/mol. The van der Waals surface area contributed by atoms with Gasteiger partial charge in [0.2, 0.25) is 12.5 Å². The van der Waals surface area contributed by atoms with E-state index in [1.807, 2.05) is 30.3 Å². The zero-order chi connectivity index (χ0) is 16.4. The zero-order valence-electron chi connectivity index (χ0n) is 12.0. The fourth-order valence-electron chi connectivity index (χ4n) is 2.23. The van der Waals surface area contributed by atoms with E-state index in [0.717, 1.165) is 5.56 Å². The molecule has 3 N–H and O–H groups in total. The molecule has 3 aromatic rings. The molecular weight excluding hydrogens is 298 g/mol. The summed E-state index contributed by atoms with van der Waals surface area (Å²) in [6.45, 7) is -0.536. The Morgan fingerprint density at radius 3 is 2.57 bits per heavy atom. The third-order valence-electron chi connectivity index (χ3n) is 3.25. The van der Waals surface area contributed by atoms with Crippen LogP contribution in [0.25, 0.3) is 22.4 Å². The molecule has 0 spiro atoms. The number of carbonyl (C=O) groups excluding carboxylic acids is 1. The Hall–Kier alpha value is -3.35. The van der Waals surface area contributed by atoms with Crippen LogP contribution in [0.4, 0.5) is 0 Å². The van der Waals surface area contributed by atoms with E-state index in [9.17, 15) is 9.59 Å². The van der Waals surface area contributed by atoms with Gasteiger partial charge in [0.15, 0.2) is 5.82 Å². The molecule has 0 radical (unpaired) electrons. The molecule has 116 valence electrons. The lowest BCUT2D eigenvalue weighted by molar-refractivity contribution is -0.142. The third kappa shape index (κ3) is 2.84. The minimum Gasteiger partial charge on any atom is -0.479 e. The fraction of sp³-hybridized carbons (Fsp3) is 0.0625. The average molecular weight is 311 g/mol. The van der Waals surface area contributed by atoms with E-state index in [1.165, 1.54) is 10.8 Å². The molecule has 1 aromatic heterocycles. The van der Waals surface area contributed by atoms with Crippen LogP contribution in [0, 0.1) is 0 Å². The molecule has 0 aliphatic carbocycles. The summed E-state index contributed by atoms with van der Waals surface area (Å²) < 4.78 is 1.31. The van der Waals surface area contributed by atoms with Crippen molar-refractivity contribution in [2.75, 3.05) is 6.61 Å². The number of carboxylic acids is 1. The molecule has 0 atom stereocenters. The van der Waals surface area contributed by atoms with Crippen molar-refractivity contribution in [3.05, 3.63) is 54.1 Å². The summed E-state index contributed by atoms with van der Waals surface area (Å²) in [5.41, 5.74) is 7.38. The number of nitrogens with zero attached hydrogens (tertiary/aromatic N) is 2. The van der Waals surface area contributed by atoms with Gasteiger partial charge in [0, 0.05) is 11.1 Å². The Bertz CT molecular complexity index is 887. The second kappa shape index (κ2) is 5.80. The SMILES string of the molecule is NC(=O)c1ccc2nc(-c3ccccc3)n(OCC(=O)O)c2c1. The lowest BCUT2D eigenvalue weighted by atomic mass is 10.2. The minimum atomic E-state index is -1.11. The van der Waals surface area contributed by atoms with Gasteiger partial charge in [-0.15, -0.1) is 0 Å². The van der Waals surface area contributed by atoms with Crippen LogP contribution in [0.5, 0.6) is 0 Å². The standard InChI is InChI=1S/C16H13N3O4/c17-15(22)11-6-7-12-13(8-11)19(23-9-14(20)21)16(18-12)10-4-2-1-3-5-10/h1-8H,9H2,(H2,17,22)(H,20,21). The first-order chi connectivity index (χ1) is 11.1. The topological polar surface area (TPSA) is 107 Å². The highest BCUT2D eigenvalue weighted by Crippen LogP contribution is 2.24. The molecule has 7 heteroatoms. The molecule has 0 aliphatic rings. The van der Waals surface area contributed by atoms with Crippen LogP contribution in [0.1, 0.15) is 10.4 Å². The van der Waals surface area contributed by atoms with Gasteiger partial charge in [-0.05, 0) is 18.2 Å². The molecule has 0 unspecified atom stereocenters. The number of aromatic nitrogens is 2. The molecule has 2 aromatic carbocycles. The van der Waals surface area contributed by atoms with Crippen LogP contribution in [0.2, 0.25) is 0 Å². The van der Waals surface area contributed by atoms with Crippen molar-refractivity contribution in [3.63, 3.8) is 0 Å². The summed E-state index contributed by atoms with van der Waals surface area (Å²) in [4.78, 5) is 32.0. The van der Waals surface area contributed by atoms with E-state index in [0.29, 0.717) is 16.9 Å². The van der Waals surface area contributed by atoms with Crippen molar-refractivity contribution in [2.24, 2.45) is 5.73 Å². The van der Waals surface area contributed by atoms with Crippen LogP contribution in [0.3, 0.4) is 0 Å². The number of imidazole rings is 1. The van der Waals surface area contributed by atoms with E-state index in [1.54, 1.807) is 12.1 Å². The van der Waals surface area contributed by atoms with E-state index in [2.05, 4.69) is 4.98 Å². The number of amides is 1. The molecule has 0 saturated heterocycles. The summed E-state index contributed by atoms with van der Waals surface area (Å²) >= 11 is 0. The van der Waals surface area contributed by atoms with Crippen LogP contribution in [0.15, 0.2) is 48.5 Å². The van der Waals surface area contributed by atoms with E-state index < -0.39 is 18.5 Å². The molecule has 1 amide bonds. The largest absolute Gasteiger partial charge is 0.479 e. The highest BCUT2D eigenvalue weighted by atomic mass is 16.7. The van der Waals surface area contributed by atoms with Crippen molar-refractivity contribution in [1.82, 2.24) is 9.71 Å². The number of hydrogen-bond acceptors (Lipinski definition) is 4. The highest BCUT2D eigenvalue weighted by molar-refractivity contribution is 5.96. The van der Waals surface area contributed by atoms with E-state index in [4.69, 9.17) is 15.7 Å². The number of aliphatic carboxylic acids is 1. The average Bonchev–Trinajstić information content (AvgIpc) is 2.91. The molecule has 23 heavy (non-hydrogen) atoms. The second-order valence-electron chi connectivity index (χ2n) is 4.83. The molecular formula is C16H13N3O4. The van der Waals surface area contributed by atoms with Gasteiger partial charge in [0.1, 0.15) is 5.52 Å². The molecule has 0 fully saturated rings. The Labute approximate surface area is 130 Å². The quantitative estimate of drug-likeness (QED) is 0.739. The monoisotopic (exact) mass is 311 g/mol. The number of fused-ring (bicyclic) bond motifs is 1. The van der Waals surface area contributed by atoms with E-state index >= 15 is 0 Å². The first kappa shape index (κ1) is 14.6. The number of hydrogen-bond donors (Lipinski definition) is 2. The molecule has 0 saturated carbocycles. The molecule has 0 bridgehead atoms. The maximum Gasteiger partial charge on any atom is 0.344 e. The van der Waals surface area contributed by atoms with Gasteiger partial charge in [-0.3, -0.25) is 4.79 Å². The Balaban J connectivity index is 2.20. The van der Waals surface area contributed by atoms with Crippen LogP contribution < -0.4 is 10.6 Å². The predicted octanol–water partition coefficient (Wildman–Crippen LogP) is 1.32. The number of primary amides is 1. The van der Waals surface area contributed by atoms with Gasteiger partial charge < -0.3 is 15.7 Å². The van der Waals surface area contributed by atoms with Crippen molar-refractivity contribution in [2.45, 2.75) is 0 Å². The maximum absolute atomic E-state index is 11.4. The van der Waals surface area contributed by atoms with Crippen LogP contribution in [-0.4, -0.2) is 33.3 Å². The Morgan fingerprint density at radius 1 is 1.17 bits per heavy atom. The number of carboxylic acid groups (broad SMARTS) is 1. The third-order valence-corrected chi connectivity index (χ3v) is 3.25. The van der Waals surface area contributed by atoms with Gasteiger partial charge in [-0.1, -0.05) is 30.3 Å². The summed E-state index contributed by atoms with van der Waals surface area (Å²) in [6.07, 6.45) is 0. The van der Waals surface area contributed by atoms with Crippen LogP contribution in [-0.2, 0) is 4.79 Å². The smallest absolute Gasteiger partial charge is 0.344 e. The molecule has 1 heterocycles. The summed E-state index contributed by atoms with van der Waals surface area (Å²) in [7, 11) is 0. The van der Waals surface area contributed by atoms with Gasteiger partial charge >= 0.3 is 5.97 Å². The van der Waals surface area contributed by atoms with Crippen molar-refractivity contribution >= 4 is 22.9 Å². The lowest BCUT2D eigenvalue weighted by Crippen LogP contribution is -2.20. The second-order valence-corrected chi connectivity index (χ2v) is 4.83. The zero-order valence-corrected chi connectivity index (χ0v) is 12.0. The summed E-state index contributed by atoms with van der Waals surface area (Å²) in [6, 6.07) is 13.9. The molecule has 0 aliphatic heterocycles. The van der Waals surface area contributed by atoms with Crippen molar-refractivity contribution < 1.29 is 19.5 Å². The van der Waals surface area contributed by atoms with Gasteiger partial charge in [-0.2, -0.15) is 4.73 Å². The maximum atomic E-state index is 11.4. The molecule has 7 nitrogen and oxygen atoms in total. The molecule has 3 rings (SSSR count). The number of rotatable bonds is 5. The summed E-state index contributed by atoms with van der Waals surface area (Å²) in [5, 5.41) is 8.86. The minimum absolute atomic E-state index is 0.289. The first-order valence-corrected chi connectivity index (χ1v) is 6.79. The van der Waals surface area contributed by atoms with Gasteiger partial charge in [0.25, 0.3) is 0 Å². The summed E-state index contributed by atoms with van der Waals surface area (Å²) in [5.74, 6) is -1.25. The number of carbonyl (C=O) groups is 2. The van der Waals surface area contributed by atoms with Crippen molar-refractivity contribution in [3.8, 4) is 11.4 Å². The van der Waals surface area contributed by atoms with Gasteiger partial charge in [0.05, 0.1) is 5.52 Å². The lowest BCUT2D eigenvalue weighted by Gasteiger charge is -2.09. The Kier molecular flexibility index (Phi) is 3.68. The number of benzene rings is 2. The fourth-order valence-corrected chi connectivity index (χ4v) is 2.23. The number of nitrogens with two attached hydrogens (primary N) is 1. The van der Waals surface area contributed by atoms with Crippen molar-refractivity contribution in [1.29, 1.82) is 0 Å². The normalized spacial score (nSPS) is 10.6. The van der Waals surface area contributed by atoms with E-state index in [-0.39, 0.29) is 5.56 Å². The first-order valence-electron chi connectivity index (χ1n) is 6.79. The van der Waals surface area contributed by atoms with Crippen LogP contribution >= 0.6 is 0 Å². The highest BCUT2D eigenvalue weighted by Gasteiger charge is 2.16. The van der Waals surface area contributed by atoms with Gasteiger partial charge in [-0.25, -0.2) is 9.78 Å².